The number of hydrogen-bond acceptors (Lipinski definition) is 7. The minimum absolute atomic E-state index is 0.00878. The van der Waals surface area contributed by atoms with E-state index in [1.165, 1.54) is 25.5 Å². The first kappa shape index (κ1) is 30.2. The molecule has 3 N–H and O–H groups in total. The van der Waals surface area contributed by atoms with Gasteiger partial charge in [-0.3, -0.25) is 18.8 Å². The van der Waals surface area contributed by atoms with Crippen LogP contribution in [0.2, 0.25) is 0 Å². The van der Waals surface area contributed by atoms with Crippen molar-refractivity contribution < 1.29 is 45.2 Å². The van der Waals surface area contributed by atoms with Gasteiger partial charge >= 0.3 is 6.18 Å². The number of anilines is 1. The van der Waals surface area contributed by atoms with Gasteiger partial charge in [0.2, 0.25) is 5.82 Å². The third-order valence-corrected chi connectivity index (χ3v) is 7.19. The summed E-state index contributed by atoms with van der Waals surface area (Å²) < 4.78 is 97.9. The largest absolute Gasteiger partial charge is 0.488 e. The molecular weight excluding hydrogens is 551 g/mol. The number of hydrogen-bond donors (Lipinski definition) is 2. The number of pyridine rings is 1. The fraction of sp³-hybridized carbons (Fsp3) is 0.458. The van der Waals surface area contributed by atoms with Gasteiger partial charge in [0.15, 0.2) is 17.2 Å². The van der Waals surface area contributed by atoms with Crippen LogP contribution >= 0.6 is 0 Å². The lowest BCUT2D eigenvalue weighted by molar-refractivity contribution is -0.272. The number of alkyl halides is 3. The van der Waals surface area contributed by atoms with Crippen LogP contribution < -0.4 is 15.8 Å². The van der Waals surface area contributed by atoms with Gasteiger partial charge in [-0.1, -0.05) is 13.0 Å². The van der Waals surface area contributed by atoms with Gasteiger partial charge in [0, 0.05) is 51.5 Å². The van der Waals surface area contributed by atoms with Crippen molar-refractivity contribution in [3.05, 3.63) is 53.4 Å². The molecule has 1 aromatic carbocycles. The second-order valence-electron chi connectivity index (χ2n) is 9.40. The first-order valence-corrected chi connectivity index (χ1v) is 13.8. The Kier molecular flexibility index (Phi) is 8.55. The van der Waals surface area contributed by atoms with E-state index < -0.39 is 68.6 Å². The first-order chi connectivity index (χ1) is 18.0. The molecule has 2 aromatic rings. The number of nitrogens with two attached hydrogens (primary N) is 1. The quantitative estimate of drug-likeness (QED) is 0.363. The molecule has 0 unspecified atom stereocenters. The number of nitrogens with one attached hydrogen (secondary N) is 1. The lowest BCUT2D eigenvalue weighted by Crippen LogP contribution is -2.47. The van der Waals surface area contributed by atoms with E-state index in [0.717, 1.165) is 25.3 Å². The third-order valence-electron chi connectivity index (χ3n) is 6.39. The van der Waals surface area contributed by atoms with Crippen LogP contribution in [0.5, 0.6) is 5.75 Å². The molecule has 0 saturated carbocycles. The van der Waals surface area contributed by atoms with E-state index in [-0.39, 0.29) is 30.1 Å². The number of primary amides is 1. The van der Waals surface area contributed by atoms with Crippen molar-refractivity contribution in [1.29, 1.82) is 0 Å². The number of benzene rings is 1. The molecule has 0 spiro atoms. The second-order valence-corrected chi connectivity index (χ2v) is 12.0. The topological polar surface area (TPSA) is 133 Å². The lowest BCUT2D eigenvalue weighted by atomic mass is 9.77. The Labute approximate surface area is 221 Å². The van der Waals surface area contributed by atoms with E-state index in [2.05, 4.69) is 14.7 Å². The van der Waals surface area contributed by atoms with Crippen LogP contribution in [-0.2, 0) is 19.3 Å². The Balaban J connectivity index is 2.06. The minimum atomic E-state index is -4.95. The molecule has 39 heavy (non-hydrogen) atoms. The molecule has 15 heteroatoms. The maximum Gasteiger partial charge on any atom is 0.417 e. The minimum Gasteiger partial charge on any atom is -0.488 e. The highest BCUT2D eigenvalue weighted by Gasteiger charge is 2.66. The molecule has 1 saturated heterocycles. The fourth-order valence-corrected chi connectivity index (χ4v) is 4.75. The van der Waals surface area contributed by atoms with Crippen LogP contribution in [-0.4, -0.2) is 64.6 Å². The zero-order chi connectivity index (χ0) is 29.3. The number of ether oxygens (including phenoxy) is 2. The van der Waals surface area contributed by atoms with Crippen molar-refractivity contribution in [2.24, 2.45) is 16.0 Å². The summed E-state index contributed by atoms with van der Waals surface area (Å²) in [5, 5.41) is 2.37. The van der Waals surface area contributed by atoms with Crippen molar-refractivity contribution in [2.75, 3.05) is 31.0 Å². The summed E-state index contributed by atoms with van der Waals surface area (Å²) in [5.41, 5.74) is 1.87. The first-order valence-electron chi connectivity index (χ1n) is 11.5. The zero-order valence-corrected chi connectivity index (χ0v) is 22.2. The number of aromatic nitrogens is 1. The summed E-state index contributed by atoms with van der Waals surface area (Å²) in [6.07, 6.45) is -2.93. The molecule has 1 fully saturated rings. The van der Waals surface area contributed by atoms with Crippen LogP contribution in [0.3, 0.4) is 0 Å². The number of rotatable bonds is 8. The van der Waals surface area contributed by atoms with Gasteiger partial charge in [0.25, 0.3) is 11.8 Å². The average Bonchev–Trinajstić information content (AvgIpc) is 3.10. The predicted molar refractivity (Wildman–Crippen MR) is 132 cm³/mol. The molecule has 2 heterocycles. The normalized spacial score (nSPS) is 23.4. The highest BCUT2D eigenvalue weighted by molar-refractivity contribution is 7.92. The highest BCUT2D eigenvalue weighted by Crippen LogP contribution is 2.55. The van der Waals surface area contributed by atoms with Gasteiger partial charge in [-0.2, -0.15) is 17.6 Å². The average molecular weight is 579 g/mol. The fourth-order valence-electron chi connectivity index (χ4n) is 4.24. The summed E-state index contributed by atoms with van der Waals surface area (Å²) in [7, 11) is -2.53. The molecule has 1 aliphatic rings. The Bertz CT molecular complexity index is 1390. The summed E-state index contributed by atoms with van der Waals surface area (Å²) in [5.74, 6) is -8.42. The molecule has 9 nitrogen and oxygen atoms in total. The predicted octanol–water partition coefficient (Wildman–Crippen LogP) is 3.64. The highest BCUT2D eigenvalue weighted by atomic mass is 32.2. The number of amides is 2. The van der Waals surface area contributed by atoms with Crippen molar-refractivity contribution in [3.8, 4) is 5.75 Å². The van der Waals surface area contributed by atoms with Crippen molar-refractivity contribution >= 4 is 27.2 Å². The molecule has 1 aromatic heterocycles. The maximum absolute atomic E-state index is 14.9. The molecule has 3 rings (SSSR count). The van der Waals surface area contributed by atoms with E-state index in [1.54, 1.807) is 0 Å². The van der Waals surface area contributed by atoms with Gasteiger partial charge in [-0.15, -0.1) is 0 Å². The second kappa shape index (κ2) is 11.0. The summed E-state index contributed by atoms with van der Waals surface area (Å²) in [4.78, 5) is 28.4. The smallest absolute Gasteiger partial charge is 0.417 e. The summed E-state index contributed by atoms with van der Waals surface area (Å²) in [6, 6.07) is 4.12. The third kappa shape index (κ3) is 6.46. The zero-order valence-electron chi connectivity index (χ0n) is 21.3. The van der Waals surface area contributed by atoms with Gasteiger partial charge in [0.05, 0.1) is 6.54 Å². The summed E-state index contributed by atoms with van der Waals surface area (Å²) in [6.45, 7) is 1.39. The van der Waals surface area contributed by atoms with E-state index in [9.17, 15) is 35.8 Å². The maximum atomic E-state index is 14.9. The van der Waals surface area contributed by atoms with Gasteiger partial charge < -0.3 is 20.5 Å². The van der Waals surface area contributed by atoms with Crippen LogP contribution in [0.1, 0.15) is 35.8 Å². The molecule has 4 atom stereocenters. The Morgan fingerprint density at radius 3 is 2.51 bits per heavy atom. The van der Waals surface area contributed by atoms with Crippen molar-refractivity contribution in [2.45, 2.75) is 37.6 Å². The Hall–Kier alpha value is -3.33. The molecule has 214 valence electrons. The molecular formula is C24H27F5N4O5S. The lowest BCUT2D eigenvalue weighted by Gasteiger charge is -2.32. The number of carbonyl (C=O) groups excluding carboxylic acids is 2. The van der Waals surface area contributed by atoms with Crippen LogP contribution in [0.4, 0.5) is 27.6 Å². The molecule has 1 aliphatic heterocycles. The van der Waals surface area contributed by atoms with Crippen molar-refractivity contribution in [1.82, 2.24) is 4.98 Å². The van der Waals surface area contributed by atoms with E-state index in [4.69, 9.17) is 15.2 Å². The molecule has 0 bridgehead atoms. The van der Waals surface area contributed by atoms with Crippen LogP contribution in [0.25, 0.3) is 0 Å². The number of halogens is 5. The standard InChI is InChI=1S/C24H27F5N4O5S/c1-12-17(14-5-6-15(25)18(26)19(14)37-10-9-32-39(3,4)36)20(38-23(12,2)24(27,28)29)22(35)33-13-7-8-31-16(11-13)21(30)34/h5-8,11-12,17,20H,9-10H2,1-4H3,(H2,30,34)(H,31,33,35)/t12-,17-,20+,23+/m0/s1. The van der Waals surface area contributed by atoms with Crippen molar-refractivity contribution in [3.63, 3.8) is 0 Å². The van der Waals surface area contributed by atoms with Gasteiger partial charge in [0.1, 0.15) is 18.4 Å². The number of carbonyl (C=O) groups is 2. The molecule has 0 radical (unpaired) electrons. The molecule has 0 aliphatic carbocycles. The van der Waals surface area contributed by atoms with Crippen LogP contribution in [0, 0.1) is 17.6 Å². The van der Waals surface area contributed by atoms with Gasteiger partial charge in [-0.25, -0.2) is 8.75 Å². The van der Waals surface area contributed by atoms with E-state index in [1.807, 2.05) is 0 Å². The molecule has 2 amide bonds. The Morgan fingerprint density at radius 2 is 1.92 bits per heavy atom. The summed E-state index contributed by atoms with van der Waals surface area (Å²) >= 11 is 0. The number of nitrogens with zero attached hydrogens (tertiary/aromatic N) is 2. The SMILES string of the molecule is C[C@H]1[C@@H](c2ccc(F)c(F)c2OCCN=S(C)(C)=O)[C@H](C(=O)Nc2ccnc(C(N)=O)c2)O[C@@]1(C)C(F)(F)F. The van der Waals surface area contributed by atoms with E-state index in [0.29, 0.717) is 6.07 Å². The Morgan fingerprint density at radius 1 is 1.26 bits per heavy atom. The van der Waals surface area contributed by atoms with E-state index >= 15 is 0 Å². The van der Waals surface area contributed by atoms with Gasteiger partial charge in [-0.05, 0) is 25.1 Å². The monoisotopic (exact) mass is 578 g/mol. The van der Waals surface area contributed by atoms with Crippen LogP contribution in [0.15, 0.2) is 34.8 Å².